The molecule has 0 amide bonds. The van der Waals surface area contributed by atoms with Gasteiger partial charge in [0.1, 0.15) is 5.75 Å². The molecule has 1 aromatic rings. The highest BCUT2D eigenvalue weighted by atomic mass is 127. The first-order chi connectivity index (χ1) is 7.69. The molecule has 16 heavy (non-hydrogen) atoms. The van der Waals surface area contributed by atoms with E-state index in [0.29, 0.717) is 12.2 Å². The number of carbonyl (C=O) groups excluding carboxylic acids is 1. The van der Waals surface area contributed by atoms with Gasteiger partial charge in [0.05, 0.1) is 22.9 Å². The Morgan fingerprint density at radius 1 is 1.50 bits per heavy atom. The Kier molecular flexibility index (Phi) is 6.12. The highest BCUT2D eigenvalue weighted by Gasteiger charge is 2.09. The first-order valence-corrected chi connectivity index (χ1v) is 6.95. The summed E-state index contributed by atoms with van der Waals surface area (Å²) in [5.74, 6) is 0.381. The number of carbonyl (C=O) groups is 1. The van der Waals surface area contributed by atoms with Crippen molar-refractivity contribution in [2.75, 3.05) is 19.0 Å². The quantitative estimate of drug-likeness (QED) is 0.330. The van der Waals surface area contributed by atoms with Crippen molar-refractivity contribution in [1.82, 2.24) is 0 Å². The summed E-state index contributed by atoms with van der Waals surface area (Å²) in [6.45, 7) is 0.631. The van der Waals surface area contributed by atoms with E-state index in [4.69, 9.17) is 4.74 Å². The van der Waals surface area contributed by atoms with E-state index in [9.17, 15) is 4.79 Å². The van der Waals surface area contributed by atoms with E-state index in [0.717, 1.165) is 21.1 Å². The minimum absolute atomic E-state index is 0.346. The van der Waals surface area contributed by atoms with Crippen molar-refractivity contribution in [3.05, 3.63) is 27.3 Å². The summed E-state index contributed by atoms with van der Waals surface area (Å²) in [4.78, 5) is 11.3. The number of esters is 1. The van der Waals surface area contributed by atoms with E-state index in [2.05, 4.69) is 43.3 Å². The molecule has 0 fully saturated rings. The minimum atomic E-state index is -0.346. The normalized spacial score (nSPS) is 9.94. The van der Waals surface area contributed by atoms with Gasteiger partial charge in [-0.05, 0) is 47.2 Å². The summed E-state index contributed by atoms with van der Waals surface area (Å²) < 4.78 is 11.2. The van der Waals surface area contributed by atoms with Gasteiger partial charge in [-0.25, -0.2) is 4.79 Å². The molecule has 0 saturated heterocycles. The third-order valence-electron chi connectivity index (χ3n) is 1.89. The Hall–Kier alpha value is -0.300. The third-order valence-corrected chi connectivity index (χ3v) is 3.34. The molecular formula is C11H12BrIO3. The molecule has 0 aliphatic heterocycles. The number of halogens is 2. The summed E-state index contributed by atoms with van der Waals surface area (Å²) in [5, 5.41) is 0.903. The van der Waals surface area contributed by atoms with Crippen LogP contribution in [0.25, 0.3) is 0 Å². The number of rotatable bonds is 5. The fraction of sp³-hybridized carbons (Fsp3) is 0.364. The van der Waals surface area contributed by atoms with E-state index >= 15 is 0 Å². The molecule has 0 aromatic heterocycles. The number of hydrogen-bond acceptors (Lipinski definition) is 3. The van der Waals surface area contributed by atoms with Crippen molar-refractivity contribution in [3.8, 4) is 5.75 Å². The maximum atomic E-state index is 11.3. The molecule has 1 aromatic carbocycles. The van der Waals surface area contributed by atoms with Gasteiger partial charge in [-0.2, -0.15) is 0 Å². The summed E-state index contributed by atoms with van der Waals surface area (Å²) in [7, 11) is 1.37. The van der Waals surface area contributed by atoms with Gasteiger partial charge < -0.3 is 9.47 Å². The smallest absolute Gasteiger partial charge is 0.337 e. The molecule has 3 nitrogen and oxygen atoms in total. The first-order valence-electron chi connectivity index (χ1n) is 4.75. The van der Waals surface area contributed by atoms with E-state index in [-0.39, 0.29) is 5.97 Å². The highest BCUT2D eigenvalue weighted by molar-refractivity contribution is 14.1. The largest absolute Gasteiger partial charge is 0.492 e. The minimum Gasteiger partial charge on any atom is -0.492 e. The first kappa shape index (κ1) is 13.8. The molecule has 0 heterocycles. The lowest BCUT2D eigenvalue weighted by Crippen LogP contribution is -2.04. The van der Waals surface area contributed by atoms with Crippen LogP contribution in [0.3, 0.4) is 0 Å². The van der Waals surface area contributed by atoms with Gasteiger partial charge in [0.25, 0.3) is 0 Å². The summed E-state index contributed by atoms with van der Waals surface area (Å²) in [5.41, 5.74) is 0.511. The van der Waals surface area contributed by atoms with E-state index in [1.807, 2.05) is 6.07 Å². The van der Waals surface area contributed by atoms with Crippen LogP contribution in [0, 0.1) is 3.57 Å². The van der Waals surface area contributed by atoms with Gasteiger partial charge >= 0.3 is 5.97 Å². The second-order valence-corrected chi connectivity index (χ2v) is 4.98. The highest BCUT2D eigenvalue weighted by Crippen LogP contribution is 2.23. The van der Waals surface area contributed by atoms with E-state index < -0.39 is 0 Å². The number of alkyl halides is 1. The lowest BCUT2D eigenvalue weighted by Gasteiger charge is -2.08. The Bertz CT molecular complexity index is 368. The van der Waals surface area contributed by atoms with Gasteiger partial charge in [0.15, 0.2) is 0 Å². The maximum absolute atomic E-state index is 11.3. The van der Waals surface area contributed by atoms with E-state index in [1.54, 1.807) is 12.1 Å². The summed E-state index contributed by atoms with van der Waals surface area (Å²) >= 11 is 5.51. The Morgan fingerprint density at radius 2 is 2.25 bits per heavy atom. The van der Waals surface area contributed by atoms with Gasteiger partial charge in [-0.3, -0.25) is 0 Å². The van der Waals surface area contributed by atoms with Crippen molar-refractivity contribution < 1.29 is 14.3 Å². The molecule has 0 aliphatic carbocycles. The van der Waals surface area contributed by atoms with Crippen LogP contribution in [0.4, 0.5) is 0 Å². The van der Waals surface area contributed by atoms with Gasteiger partial charge in [0.2, 0.25) is 0 Å². The monoisotopic (exact) mass is 398 g/mol. The Labute approximate surface area is 117 Å². The second-order valence-electron chi connectivity index (χ2n) is 3.03. The molecule has 0 N–H and O–H groups in total. The summed E-state index contributed by atoms with van der Waals surface area (Å²) in [6, 6.07) is 5.28. The fourth-order valence-corrected chi connectivity index (χ4v) is 1.82. The second kappa shape index (κ2) is 7.11. The lowest BCUT2D eigenvalue weighted by atomic mass is 10.2. The Morgan fingerprint density at radius 3 is 2.88 bits per heavy atom. The molecule has 0 unspecified atom stereocenters. The van der Waals surface area contributed by atoms with Crippen molar-refractivity contribution in [2.45, 2.75) is 6.42 Å². The average molecular weight is 399 g/mol. The van der Waals surface area contributed by atoms with Crippen LogP contribution in [0.2, 0.25) is 0 Å². The van der Waals surface area contributed by atoms with E-state index in [1.165, 1.54) is 7.11 Å². The van der Waals surface area contributed by atoms with Crippen molar-refractivity contribution in [1.29, 1.82) is 0 Å². The predicted octanol–water partition coefficient (Wildman–Crippen LogP) is 3.24. The zero-order chi connectivity index (χ0) is 12.0. The van der Waals surface area contributed by atoms with Crippen LogP contribution in [0.1, 0.15) is 16.8 Å². The number of hydrogen-bond donors (Lipinski definition) is 0. The van der Waals surface area contributed by atoms with Gasteiger partial charge in [0, 0.05) is 5.33 Å². The van der Waals surface area contributed by atoms with Crippen LogP contribution in [-0.4, -0.2) is 25.0 Å². The number of methoxy groups -OCH3 is 1. The third kappa shape index (κ3) is 3.93. The van der Waals surface area contributed by atoms with Gasteiger partial charge in [-0.1, -0.05) is 15.9 Å². The molecular weight excluding hydrogens is 387 g/mol. The van der Waals surface area contributed by atoms with Crippen LogP contribution in [-0.2, 0) is 4.74 Å². The van der Waals surface area contributed by atoms with Crippen molar-refractivity contribution in [3.63, 3.8) is 0 Å². The summed E-state index contributed by atoms with van der Waals surface area (Å²) in [6.07, 6.45) is 0.929. The molecule has 0 spiro atoms. The lowest BCUT2D eigenvalue weighted by molar-refractivity contribution is 0.0600. The molecule has 1 rings (SSSR count). The van der Waals surface area contributed by atoms with Gasteiger partial charge in [-0.15, -0.1) is 0 Å². The maximum Gasteiger partial charge on any atom is 0.337 e. The number of ether oxygens (including phenoxy) is 2. The Balaban J connectivity index is 2.78. The molecule has 0 saturated carbocycles. The zero-order valence-electron chi connectivity index (χ0n) is 8.83. The number of benzene rings is 1. The molecule has 0 bridgehead atoms. The standard InChI is InChI=1S/C11H12BrIO3/c1-15-11(14)8-3-4-9(13)10(7-8)16-6-2-5-12/h3-4,7H,2,5-6H2,1H3. The molecule has 5 heteroatoms. The average Bonchev–Trinajstić information content (AvgIpc) is 2.31. The SMILES string of the molecule is COC(=O)c1ccc(I)c(OCCCBr)c1. The molecule has 0 radical (unpaired) electrons. The van der Waals surface area contributed by atoms with Crippen molar-refractivity contribution in [2.24, 2.45) is 0 Å². The molecule has 88 valence electrons. The molecule has 0 atom stereocenters. The fourth-order valence-electron chi connectivity index (χ4n) is 1.10. The van der Waals surface area contributed by atoms with Crippen LogP contribution in [0.5, 0.6) is 5.75 Å². The van der Waals surface area contributed by atoms with Crippen molar-refractivity contribution >= 4 is 44.5 Å². The zero-order valence-corrected chi connectivity index (χ0v) is 12.6. The van der Waals surface area contributed by atoms with Crippen LogP contribution < -0.4 is 4.74 Å². The topological polar surface area (TPSA) is 35.5 Å². The van der Waals surface area contributed by atoms with Crippen LogP contribution in [0.15, 0.2) is 18.2 Å². The van der Waals surface area contributed by atoms with Crippen LogP contribution >= 0.6 is 38.5 Å². The molecule has 0 aliphatic rings. The predicted molar refractivity (Wildman–Crippen MR) is 74.4 cm³/mol.